The number of aliphatic carboxylic acids is 2. The van der Waals surface area contributed by atoms with Crippen LogP contribution in [-0.2, 0) is 19.2 Å². The molecule has 0 atom stereocenters. The molecule has 0 unspecified atom stereocenters. The first-order chi connectivity index (χ1) is 5.93. The number of carboxylic acid groups (broad SMARTS) is 2. The molecule has 70 valence electrons. The quantitative estimate of drug-likeness (QED) is 0.249. The largest absolute Gasteiger partial charge is 0.545 e. The number of carbonyl (C=O) groups excluding carboxylic acids is 4. The molecule has 0 aliphatic carbocycles. The minimum absolute atomic E-state index is 0.408. The maximum Gasteiger partial charge on any atom is 0.185 e. The van der Waals surface area contributed by atoms with Gasteiger partial charge in [0.15, 0.2) is 11.6 Å². The Balaban J connectivity index is 4.10. The average Bonchev–Trinajstić information content (AvgIpc) is 2.00. The minimum atomic E-state index is -1.98. The van der Waals surface area contributed by atoms with Crippen LogP contribution in [0.2, 0.25) is 0 Å². The van der Waals surface area contributed by atoms with E-state index in [1.165, 1.54) is 0 Å². The van der Waals surface area contributed by atoms with Crippen LogP contribution in [0.5, 0.6) is 0 Å². The van der Waals surface area contributed by atoms with Crippen LogP contribution < -0.4 is 10.2 Å². The molecule has 0 bridgehead atoms. The van der Waals surface area contributed by atoms with Crippen molar-refractivity contribution in [2.24, 2.45) is 0 Å². The summed E-state index contributed by atoms with van der Waals surface area (Å²) < 4.78 is 0. The molecule has 0 amide bonds. The van der Waals surface area contributed by atoms with Crippen molar-refractivity contribution in [3.8, 4) is 0 Å². The van der Waals surface area contributed by atoms with Crippen LogP contribution in [-0.4, -0.2) is 23.5 Å². The predicted octanol–water partition coefficient (Wildman–Crippen LogP) is -3.43. The van der Waals surface area contributed by atoms with Crippen molar-refractivity contribution in [1.82, 2.24) is 0 Å². The predicted molar refractivity (Wildman–Crippen MR) is 33.8 cm³/mol. The van der Waals surface area contributed by atoms with Crippen molar-refractivity contribution in [3.05, 3.63) is 12.2 Å². The summed E-state index contributed by atoms with van der Waals surface area (Å²) >= 11 is 0. The highest BCUT2D eigenvalue weighted by Crippen LogP contribution is 1.87. The van der Waals surface area contributed by atoms with Gasteiger partial charge in [-0.2, -0.15) is 0 Å². The number of rotatable bonds is 5. The van der Waals surface area contributed by atoms with Gasteiger partial charge < -0.3 is 19.8 Å². The maximum absolute atomic E-state index is 10.6. The highest BCUT2D eigenvalue weighted by Gasteiger charge is 2.06. The van der Waals surface area contributed by atoms with Crippen LogP contribution in [0.15, 0.2) is 12.2 Å². The number of hydrogen-bond donors (Lipinski definition) is 0. The minimum Gasteiger partial charge on any atom is -0.545 e. The number of ketones is 2. The Morgan fingerprint density at radius 3 is 1.92 bits per heavy atom. The van der Waals surface area contributed by atoms with Gasteiger partial charge in [-0.25, -0.2) is 0 Å². The Hall–Kier alpha value is -1.98. The van der Waals surface area contributed by atoms with Gasteiger partial charge in [-0.1, -0.05) is 0 Å². The highest BCUT2D eigenvalue weighted by atomic mass is 16.4. The van der Waals surface area contributed by atoms with Gasteiger partial charge in [-0.3, -0.25) is 9.59 Å². The zero-order valence-corrected chi connectivity index (χ0v) is 6.31. The van der Waals surface area contributed by atoms with E-state index >= 15 is 0 Å². The van der Waals surface area contributed by atoms with Crippen molar-refractivity contribution < 1.29 is 29.4 Å². The molecule has 0 saturated carbocycles. The van der Waals surface area contributed by atoms with Crippen LogP contribution in [0, 0.1) is 0 Å². The molecule has 0 fully saturated rings. The number of carbonyl (C=O) groups is 4. The van der Waals surface area contributed by atoms with Gasteiger partial charge in [-0.15, -0.1) is 0 Å². The second kappa shape index (κ2) is 4.81. The lowest BCUT2D eigenvalue weighted by Crippen LogP contribution is -2.32. The van der Waals surface area contributed by atoms with Crippen molar-refractivity contribution in [3.63, 3.8) is 0 Å². The molecular weight excluding hydrogens is 180 g/mol. The van der Waals surface area contributed by atoms with Crippen LogP contribution in [0.3, 0.4) is 0 Å². The van der Waals surface area contributed by atoms with E-state index in [9.17, 15) is 29.4 Å². The molecule has 0 N–H and O–H groups in total. The number of allylic oxidation sites excluding steroid dienone is 1. The second-order valence-corrected chi connectivity index (χ2v) is 2.01. The first kappa shape index (κ1) is 11.0. The lowest BCUT2D eigenvalue weighted by Gasteiger charge is -1.97. The lowest BCUT2D eigenvalue weighted by atomic mass is 10.2. The summed E-state index contributed by atoms with van der Waals surface area (Å²) in [5.41, 5.74) is 0. The number of hydrogen-bond acceptors (Lipinski definition) is 6. The molecule has 0 aromatic heterocycles. The molecule has 13 heavy (non-hydrogen) atoms. The van der Waals surface area contributed by atoms with E-state index in [2.05, 4.69) is 0 Å². The standard InChI is InChI=1S/C7H6O6/c8-4(1-2-6(10)11)3-5(9)7(12)13/h1-2H,3H2,(H,10,11)(H,12,13)/p-2/b2-1+. The lowest BCUT2D eigenvalue weighted by molar-refractivity contribution is -0.300. The monoisotopic (exact) mass is 184 g/mol. The van der Waals surface area contributed by atoms with Gasteiger partial charge in [0.25, 0.3) is 0 Å². The van der Waals surface area contributed by atoms with Gasteiger partial charge in [0, 0.05) is 0 Å². The fourth-order valence-corrected chi connectivity index (χ4v) is 0.450. The molecule has 0 radical (unpaired) electrons. The van der Waals surface area contributed by atoms with Crippen LogP contribution in [0.25, 0.3) is 0 Å². The Labute approximate surface area is 72.5 Å². The summed E-state index contributed by atoms with van der Waals surface area (Å²) in [7, 11) is 0. The van der Waals surface area contributed by atoms with Crippen molar-refractivity contribution in [1.29, 1.82) is 0 Å². The number of carboxylic acids is 2. The van der Waals surface area contributed by atoms with E-state index in [1.54, 1.807) is 0 Å². The van der Waals surface area contributed by atoms with E-state index in [0.29, 0.717) is 12.2 Å². The number of Topliss-reactive ketones (excluding diaryl/α,β-unsaturated/α-hetero) is 1. The summed E-state index contributed by atoms with van der Waals surface area (Å²) in [6, 6.07) is 0. The van der Waals surface area contributed by atoms with Crippen molar-refractivity contribution in [2.75, 3.05) is 0 Å². The van der Waals surface area contributed by atoms with Gasteiger partial charge in [-0.05, 0) is 12.2 Å². The van der Waals surface area contributed by atoms with Gasteiger partial charge in [0.2, 0.25) is 0 Å². The first-order valence-corrected chi connectivity index (χ1v) is 3.09. The first-order valence-electron chi connectivity index (χ1n) is 3.09. The Morgan fingerprint density at radius 1 is 1.00 bits per heavy atom. The zero-order chi connectivity index (χ0) is 10.4. The van der Waals surface area contributed by atoms with Crippen LogP contribution in [0.1, 0.15) is 6.42 Å². The van der Waals surface area contributed by atoms with E-state index in [1.807, 2.05) is 0 Å². The van der Waals surface area contributed by atoms with Crippen LogP contribution in [0.4, 0.5) is 0 Å². The van der Waals surface area contributed by atoms with Gasteiger partial charge in [0.05, 0.1) is 12.4 Å². The van der Waals surface area contributed by atoms with E-state index in [-0.39, 0.29) is 0 Å². The smallest absolute Gasteiger partial charge is 0.185 e. The molecule has 0 rings (SSSR count). The maximum atomic E-state index is 10.6. The van der Waals surface area contributed by atoms with Crippen LogP contribution >= 0.6 is 0 Å². The highest BCUT2D eigenvalue weighted by molar-refractivity contribution is 6.36. The third-order valence-corrected chi connectivity index (χ3v) is 0.968. The summed E-state index contributed by atoms with van der Waals surface area (Å²) in [6.45, 7) is 0. The molecule has 0 aliphatic heterocycles. The van der Waals surface area contributed by atoms with Crippen molar-refractivity contribution >= 4 is 23.5 Å². The third kappa shape index (κ3) is 5.31. The molecule has 6 nitrogen and oxygen atoms in total. The Morgan fingerprint density at radius 2 is 1.54 bits per heavy atom. The van der Waals surface area contributed by atoms with E-state index in [0.717, 1.165) is 0 Å². The molecule has 6 heteroatoms. The second-order valence-electron chi connectivity index (χ2n) is 2.01. The van der Waals surface area contributed by atoms with Gasteiger partial charge in [0.1, 0.15) is 5.97 Å². The molecular formula is C7H4O6-2. The normalized spacial score (nSPS) is 9.85. The average molecular weight is 184 g/mol. The Bertz CT molecular complexity index is 287. The molecule has 0 aliphatic rings. The third-order valence-electron chi connectivity index (χ3n) is 0.968. The summed E-state index contributed by atoms with van der Waals surface area (Å²) in [5.74, 6) is -5.91. The fourth-order valence-electron chi connectivity index (χ4n) is 0.450. The van der Waals surface area contributed by atoms with Crippen molar-refractivity contribution in [2.45, 2.75) is 6.42 Å². The SMILES string of the molecule is O=C([O-])/C=C/C(=O)CC(=O)C(=O)[O-]. The summed E-state index contributed by atoms with van der Waals surface area (Å²) in [4.78, 5) is 40.5. The molecule has 0 aromatic rings. The molecule has 0 heterocycles. The fraction of sp³-hybridized carbons (Fsp3) is 0.143. The summed E-state index contributed by atoms with van der Waals surface area (Å²) in [5, 5.41) is 19.6. The Kier molecular flexibility index (Phi) is 4.08. The molecule has 0 saturated heterocycles. The van der Waals surface area contributed by atoms with E-state index < -0.39 is 29.9 Å². The summed E-state index contributed by atoms with van der Waals surface area (Å²) in [6.07, 6.45) is 0.0488. The molecule has 0 spiro atoms. The van der Waals surface area contributed by atoms with E-state index in [4.69, 9.17) is 0 Å². The van der Waals surface area contributed by atoms with Gasteiger partial charge >= 0.3 is 0 Å². The topological polar surface area (TPSA) is 114 Å². The molecule has 0 aromatic carbocycles. The zero-order valence-electron chi connectivity index (χ0n) is 6.31.